The van der Waals surface area contributed by atoms with Crippen molar-refractivity contribution in [1.82, 2.24) is 15.3 Å². The Morgan fingerprint density at radius 2 is 0.744 bits per heavy atom. The maximum Gasteiger partial charge on any atom is 0.488 e. The molecule has 5 saturated heterocycles. The Morgan fingerprint density at radius 3 is 1.10 bits per heavy atom. The summed E-state index contributed by atoms with van der Waals surface area (Å²) in [6.07, 6.45) is 4.53. The summed E-state index contributed by atoms with van der Waals surface area (Å²) in [6, 6.07) is 75.9. The summed E-state index contributed by atoms with van der Waals surface area (Å²) in [5.41, 5.74) is 8.53. The highest BCUT2D eigenvalue weighted by Gasteiger charge is 2.51. The van der Waals surface area contributed by atoms with Gasteiger partial charge in [0.1, 0.15) is 67.8 Å². The van der Waals surface area contributed by atoms with E-state index in [0.29, 0.717) is 125 Å². The summed E-state index contributed by atoms with van der Waals surface area (Å²) in [6.45, 7) is 7.57. The molecule has 3 unspecified atom stereocenters. The van der Waals surface area contributed by atoms with Gasteiger partial charge in [0.2, 0.25) is 5.91 Å². The lowest BCUT2D eigenvalue weighted by atomic mass is 9.80. The number of rotatable bonds is 32. The number of amides is 10. The molecule has 10 aromatic rings. The average molecular weight is 1820 g/mol. The van der Waals surface area contributed by atoms with Crippen LogP contribution in [0.2, 0.25) is 12.6 Å². The third-order valence-electron chi connectivity index (χ3n) is 21.9. The van der Waals surface area contributed by atoms with E-state index in [2.05, 4.69) is 5.32 Å². The number of nitrogens with zero attached hydrogens (tertiary/aromatic N) is 9. The molecule has 5 heterocycles. The van der Waals surface area contributed by atoms with Crippen LogP contribution in [-0.2, 0) is 90.4 Å². The number of anilines is 7. The summed E-state index contributed by atoms with van der Waals surface area (Å²) in [4.78, 5) is 205. The molecule has 0 saturated carbocycles. The number of hydrogen-bond acceptors (Lipinski definition) is 23. The summed E-state index contributed by atoms with van der Waals surface area (Å²) in [7, 11) is -0.732. The maximum atomic E-state index is 13.3. The minimum Gasteiger partial charge on any atom is -0.497 e. The Balaban J connectivity index is 0.000000161. The number of ether oxygens (including phenoxy) is 2. The normalized spacial score (nSPS) is 16.1. The molecular weight excluding hydrogens is 1720 g/mol. The fraction of sp³-hybridized carbons (Fsp3) is 0.214. The first-order chi connectivity index (χ1) is 64.3. The van der Waals surface area contributed by atoms with Crippen molar-refractivity contribution in [2.75, 3.05) is 88.6 Å². The fourth-order valence-corrected chi connectivity index (χ4v) is 17.4. The molecule has 5 aliphatic heterocycles. The first kappa shape index (κ1) is 97.9. The molecule has 35 heteroatoms. The lowest BCUT2D eigenvalue weighted by Crippen LogP contribution is -2.41. The number of nitrogens with one attached hydrogen (secondary N) is 1. The molecule has 0 spiro atoms. The van der Waals surface area contributed by atoms with Crippen LogP contribution in [0.1, 0.15) is 78.4 Å². The predicted octanol–water partition coefficient (Wildman–Crippen LogP) is 9.16. The van der Waals surface area contributed by atoms with Gasteiger partial charge in [-0.05, 0) is 196 Å². The van der Waals surface area contributed by atoms with Crippen LogP contribution < -0.4 is 50.5 Å². The molecule has 5 fully saturated rings. The van der Waals surface area contributed by atoms with Crippen molar-refractivity contribution in [3.05, 3.63) is 306 Å². The average Bonchev–Trinajstić information content (AvgIpc) is 1.63. The van der Waals surface area contributed by atoms with Crippen LogP contribution in [0, 0.1) is 29.6 Å². The Kier molecular flexibility index (Phi) is 34.3. The minimum absolute atomic E-state index is 0.0381. The van der Waals surface area contributed by atoms with E-state index in [4.69, 9.17) is 18.3 Å². The highest BCUT2D eigenvalue weighted by atomic mass is 28.4. The lowest BCUT2D eigenvalue weighted by Gasteiger charge is -2.27. The molecule has 3 atom stereocenters. The number of carbonyl (C=O) groups is 17. The Bertz CT molecular complexity index is 5700. The minimum atomic E-state index is -2.22. The van der Waals surface area contributed by atoms with Crippen LogP contribution >= 0.6 is 0 Å². The maximum absolute atomic E-state index is 13.3. The van der Waals surface area contributed by atoms with Crippen LogP contribution in [0.25, 0.3) is 0 Å². The van der Waals surface area contributed by atoms with E-state index >= 15 is 0 Å². The van der Waals surface area contributed by atoms with E-state index in [0.717, 1.165) is 51.6 Å². The van der Waals surface area contributed by atoms with Gasteiger partial charge in [-0.3, -0.25) is 72.1 Å². The van der Waals surface area contributed by atoms with E-state index in [1.165, 1.54) is 61.2 Å². The zero-order valence-corrected chi connectivity index (χ0v) is 74.1. The van der Waals surface area contributed by atoms with E-state index < -0.39 is 75.0 Å². The highest BCUT2D eigenvalue weighted by molar-refractivity contribution is 6.66. The summed E-state index contributed by atoms with van der Waals surface area (Å²) < 4.78 is 21.8. The van der Waals surface area contributed by atoms with Crippen molar-refractivity contribution in [3.63, 3.8) is 0 Å². The molecule has 0 aromatic heterocycles. The van der Waals surface area contributed by atoms with Gasteiger partial charge in [-0.1, -0.05) is 146 Å². The molecule has 0 bridgehead atoms. The number of methoxy groups -OCH3 is 1. The van der Waals surface area contributed by atoms with Crippen molar-refractivity contribution in [3.8, 4) is 5.75 Å². The second kappa shape index (κ2) is 46.5. The van der Waals surface area contributed by atoms with Crippen LogP contribution in [0.5, 0.6) is 5.75 Å². The third-order valence-corrected chi connectivity index (χ3v) is 24.9. The van der Waals surface area contributed by atoms with Gasteiger partial charge in [-0.15, -0.1) is 0 Å². The number of benzene rings is 10. The standard InChI is InChI=1S/C23H35N3O7Si.C22H19BN2O4.C19H15NO4.C18H14N2O5.C16H12N2O3/c1-5-32-34(4,33-6-2)15-7-12-24-23(30)31-14-13-26-22(29)20(21(28)25(26)3)16-18-8-10-19(17-27)11-9-18;26-21-20(15-16-11-13-17(14-12-16)23(28)29)22(27)25(19-9-5-2-6-10-19)24(21)18-7-3-1-4-8-18;21-11-14-3-1-13(2-4-14)9-17-18(23)10-20(19(17)24)16-7-5-15(12-22)6-8-16;1-25-15-8-6-14(7-9-15)20-18(24)16(11-22)17(23)19(20)13-4-2-12(10-21)3-5-13;19-11-14-15(20)17(12-7-3-1-4-8-12)18(16(14)21)13-9-5-2-6-10-13/h8-11,17,20H,5-7,12-16H2,1-4H3,(H,24,30);1-14,20,28-29H,15H2;1-8,11-12,17H,9-10H2;2-11,16H,1H3;1-11,14H. The summed E-state index contributed by atoms with van der Waals surface area (Å²) in [5, 5.41) is 31.4. The van der Waals surface area contributed by atoms with E-state index in [-0.39, 0.29) is 67.9 Å². The largest absolute Gasteiger partial charge is 0.497 e. The molecule has 0 aliphatic carbocycles. The van der Waals surface area contributed by atoms with Gasteiger partial charge in [-0.2, -0.15) is 0 Å². The van der Waals surface area contributed by atoms with Crippen molar-refractivity contribution in [2.24, 2.45) is 29.6 Å². The number of para-hydroxylation sites is 4. The van der Waals surface area contributed by atoms with Crippen molar-refractivity contribution in [1.29, 1.82) is 0 Å². The molecule has 33 nitrogen and oxygen atoms in total. The zero-order valence-electron chi connectivity index (χ0n) is 73.1. The monoisotopic (exact) mass is 1820 g/mol. The number of hydrogen-bond donors (Lipinski definition) is 3. The molecule has 0 radical (unpaired) electrons. The highest BCUT2D eigenvalue weighted by Crippen LogP contribution is 2.37. The Hall–Kier alpha value is -15.7. The smallest absolute Gasteiger partial charge is 0.488 e. The third kappa shape index (κ3) is 23.9. The Morgan fingerprint density at radius 1 is 0.414 bits per heavy atom. The van der Waals surface area contributed by atoms with Crippen molar-refractivity contribution in [2.45, 2.75) is 52.1 Å². The van der Waals surface area contributed by atoms with Crippen molar-refractivity contribution >= 4 is 164 Å². The van der Waals surface area contributed by atoms with E-state index in [1.807, 2.05) is 68.9 Å². The molecule has 15 rings (SSSR count). The van der Waals surface area contributed by atoms with Crippen molar-refractivity contribution < 1.29 is 110 Å². The van der Waals surface area contributed by atoms with Crippen LogP contribution in [-0.4, -0.2) is 192 Å². The first-order valence-electron chi connectivity index (χ1n) is 42.3. The van der Waals surface area contributed by atoms with Crippen LogP contribution in [0.15, 0.2) is 267 Å². The number of alkyl carbamates (subject to hydrolysis) is 1. The van der Waals surface area contributed by atoms with Gasteiger partial charge in [0.05, 0.1) is 54.3 Å². The van der Waals surface area contributed by atoms with Gasteiger partial charge in [0, 0.05) is 54.7 Å². The van der Waals surface area contributed by atoms with Crippen LogP contribution in [0.4, 0.5) is 44.6 Å². The molecule has 5 aliphatic rings. The first-order valence-corrected chi connectivity index (χ1v) is 44.8. The van der Waals surface area contributed by atoms with Gasteiger partial charge in [0.25, 0.3) is 47.3 Å². The molecule has 133 heavy (non-hydrogen) atoms. The summed E-state index contributed by atoms with van der Waals surface area (Å²) >= 11 is 0. The van der Waals surface area contributed by atoms with Crippen LogP contribution in [0.3, 0.4) is 0 Å². The second-order valence-electron chi connectivity index (χ2n) is 30.6. The zero-order chi connectivity index (χ0) is 95.4. The van der Waals surface area contributed by atoms with E-state index in [1.54, 1.807) is 206 Å². The molecule has 10 aromatic carbocycles. The molecular formula is C98H95BN10O23Si. The lowest BCUT2D eigenvalue weighted by molar-refractivity contribution is -0.144. The predicted molar refractivity (Wildman–Crippen MR) is 493 cm³/mol. The molecule has 10 amide bonds. The quantitative estimate of drug-likeness (QED) is 0.0153. The van der Waals surface area contributed by atoms with Gasteiger partial charge >= 0.3 is 21.8 Å². The van der Waals surface area contributed by atoms with E-state index in [9.17, 15) is 91.6 Å². The second-order valence-corrected chi connectivity index (χ2v) is 33.9. The number of Topliss-reactive ketones (excluding diaryl/α,β-unsaturated/α-hetero) is 1. The van der Waals surface area contributed by atoms with Gasteiger partial charge < -0.3 is 48.2 Å². The number of ketones is 1. The topological polar surface area (TPSA) is 409 Å². The Labute approximate surface area is 766 Å². The SMILES string of the molecule is CCO[Si](C)(CCCNC(=O)OCCN1C(=O)C(Cc2ccc(C=O)cc2)C(=O)N1C)OCC.COc1ccc(N2C(=O)C(C=O)C(=O)N2c2ccc(C=O)cc2)cc1.O=C1C(Cc2ccc(B(O)O)cc2)C(=O)N(c2ccccc2)N1c1ccccc1.O=CC1C(=O)N(c2ccccc2)N(c2ccccc2)C1=O.O=Cc1ccc(CC2C(=O)CN(c3ccc(C=O)cc3)C2=O)cc1. The number of aldehydes is 6. The van der Waals surface area contributed by atoms with Gasteiger partial charge in [-0.25, -0.2) is 39.9 Å². The van der Waals surface area contributed by atoms with Gasteiger partial charge in [0.15, 0.2) is 17.6 Å². The summed E-state index contributed by atoms with van der Waals surface area (Å²) in [5.74, 6) is -8.46. The molecule has 682 valence electrons. The fourth-order valence-electron chi connectivity index (χ4n) is 15.0. The number of hydrazine groups is 4. The number of carbonyl (C=O) groups excluding carboxylic acids is 17. The molecule has 3 N–H and O–H groups in total.